The van der Waals surface area contributed by atoms with Gasteiger partial charge in [0.25, 0.3) is 17.2 Å². The molecule has 1 fully saturated rings. The molecular weight excluding hydrogens is 431 g/mol. The van der Waals surface area contributed by atoms with Crippen LogP contribution in [0.5, 0.6) is 0 Å². The van der Waals surface area contributed by atoms with Gasteiger partial charge >= 0.3 is 0 Å². The molecule has 1 atom stereocenters. The number of hydrogen-bond acceptors (Lipinski definition) is 3. The molecule has 0 spiro atoms. The summed E-state index contributed by atoms with van der Waals surface area (Å²) in [5, 5.41) is 0.136. The van der Waals surface area contributed by atoms with Crippen LogP contribution in [0.3, 0.4) is 0 Å². The van der Waals surface area contributed by atoms with Crippen molar-refractivity contribution in [3.05, 3.63) is 63.9 Å². The summed E-state index contributed by atoms with van der Waals surface area (Å²) in [6.07, 6.45) is 0. The molecule has 29 heavy (non-hydrogen) atoms. The van der Waals surface area contributed by atoms with E-state index in [1.807, 2.05) is 4.90 Å². The van der Waals surface area contributed by atoms with Gasteiger partial charge in [0.1, 0.15) is 5.82 Å². The van der Waals surface area contributed by atoms with Crippen LogP contribution in [0.1, 0.15) is 15.9 Å². The first-order chi connectivity index (χ1) is 13.7. The first kappa shape index (κ1) is 21.6. The summed E-state index contributed by atoms with van der Waals surface area (Å²) in [6.45, 7) is 1.64. The van der Waals surface area contributed by atoms with Crippen LogP contribution in [0.15, 0.2) is 30.3 Å². The highest BCUT2D eigenvalue weighted by molar-refractivity contribution is 7.80. The topological polar surface area (TPSA) is 72.9 Å². The molecular formula is C18H17ClF3N3O3S. The molecule has 1 heterocycles. The number of benzene rings is 2. The smallest absolute Gasteiger partial charge is 0.259 e. The van der Waals surface area contributed by atoms with Crippen molar-refractivity contribution in [2.45, 2.75) is 6.54 Å². The third kappa shape index (κ3) is 5.27. The lowest BCUT2D eigenvalue weighted by atomic mass is 10.1. The average Bonchev–Trinajstić information content (AvgIpc) is 2.66. The lowest BCUT2D eigenvalue weighted by Gasteiger charge is -2.35. The van der Waals surface area contributed by atoms with E-state index in [4.69, 9.17) is 16.2 Å². The quantitative estimate of drug-likeness (QED) is 0.545. The normalized spacial score (nSPS) is 16.0. The second-order valence-electron chi connectivity index (χ2n) is 6.47. The zero-order valence-electron chi connectivity index (χ0n) is 15.0. The lowest BCUT2D eigenvalue weighted by Crippen LogP contribution is -2.48. The molecule has 11 heteroatoms. The fourth-order valence-corrected chi connectivity index (χ4v) is 3.65. The number of nitrogens with zero attached hydrogens (tertiary/aromatic N) is 2. The van der Waals surface area contributed by atoms with Gasteiger partial charge in [-0.1, -0.05) is 11.6 Å². The van der Waals surface area contributed by atoms with Gasteiger partial charge in [-0.25, -0.2) is 17.4 Å². The highest BCUT2D eigenvalue weighted by Gasteiger charge is 2.24. The van der Waals surface area contributed by atoms with Gasteiger partial charge in [0, 0.05) is 50.0 Å². The van der Waals surface area contributed by atoms with Crippen molar-refractivity contribution in [1.29, 1.82) is 0 Å². The van der Waals surface area contributed by atoms with Gasteiger partial charge in [-0.2, -0.15) is 0 Å². The molecule has 1 aliphatic rings. The third-order valence-electron chi connectivity index (χ3n) is 4.55. The molecule has 1 saturated heterocycles. The Morgan fingerprint density at radius 1 is 1.07 bits per heavy atom. The Balaban J connectivity index is 1.61. The van der Waals surface area contributed by atoms with Gasteiger partial charge in [0.15, 0.2) is 11.6 Å². The highest BCUT2D eigenvalue weighted by atomic mass is 35.5. The standard InChI is InChI=1S/C18H17ClF3N3O3S/c19-14-8-12(23-29(27)28)1-2-13(14)18(26)25-5-3-24(4-6-25)10-11-7-16(21)17(22)9-15(11)20/h1-2,7-9,23H,3-6,10H2,(H,27,28). The number of halogens is 4. The van der Waals surface area contributed by atoms with E-state index >= 15 is 0 Å². The lowest BCUT2D eigenvalue weighted by molar-refractivity contribution is 0.0627. The van der Waals surface area contributed by atoms with Crippen LogP contribution in [-0.4, -0.2) is 50.6 Å². The maximum absolute atomic E-state index is 13.8. The summed E-state index contributed by atoms with van der Waals surface area (Å²) >= 11 is 3.87. The molecule has 1 amide bonds. The van der Waals surface area contributed by atoms with Crippen molar-refractivity contribution >= 4 is 34.5 Å². The number of carbonyl (C=O) groups excluding carboxylic acids is 1. The number of carbonyl (C=O) groups is 1. The van der Waals surface area contributed by atoms with Crippen molar-refractivity contribution in [2.24, 2.45) is 0 Å². The first-order valence-electron chi connectivity index (χ1n) is 8.56. The summed E-state index contributed by atoms with van der Waals surface area (Å²) in [7, 11) is 0. The minimum Gasteiger partial charge on any atom is -0.336 e. The van der Waals surface area contributed by atoms with Crippen LogP contribution in [0.4, 0.5) is 18.9 Å². The van der Waals surface area contributed by atoms with Crippen molar-refractivity contribution in [3.8, 4) is 0 Å². The molecule has 1 unspecified atom stereocenters. The largest absolute Gasteiger partial charge is 0.336 e. The monoisotopic (exact) mass is 447 g/mol. The van der Waals surface area contributed by atoms with Crippen LogP contribution in [-0.2, 0) is 17.8 Å². The highest BCUT2D eigenvalue weighted by Crippen LogP contribution is 2.24. The molecule has 0 saturated carbocycles. The van der Waals surface area contributed by atoms with E-state index in [9.17, 15) is 22.2 Å². The molecule has 0 aliphatic carbocycles. The number of nitrogens with one attached hydrogen (secondary N) is 1. The summed E-state index contributed by atoms with van der Waals surface area (Å²) in [4.78, 5) is 16.1. The minimum absolute atomic E-state index is 0.0519. The van der Waals surface area contributed by atoms with Gasteiger partial charge in [0.2, 0.25) is 0 Å². The van der Waals surface area contributed by atoms with Crippen LogP contribution < -0.4 is 4.72 Å². The Hall–Kier alpha value is -2.14. The van der Waals surface area contributed by atoms with Gasteiger partial charge in [-0.15, -0.1) is 0 Å². The fraction of sp³-hybridized carbons (Fsp3) is 0.278. The predicted molar refractivity (Wildman–Crippen MR) is 103 cm³/mol. The zero-order valence-corrected chi connectivity index (χ0v) is 16.6. The summed E-state index contributed by atoms with van der Waals surface area (Å²) in [5.41, 5.74) is 0.600. The number of hydrogen-bond donors (Lipinski definition) is 2. The Morgan fingerprint density at radius 2 is 1.72 bits per heavy atom. The Morgan fingerprint density at radius 3 is 2.34 bits per heavy atom. The average molecular weight is 448 g/mol. The maximum Gasteiger partial charge on any atom is 0.259 e. The van der Waals surface area contributed by atoms with Crippen LogP contribution in [0.25, 0.3) is 0 Å². The second kappa shape index (κ2) is 9.12. The molecule has 6 nitrogen and oxygen atoms in total. The molecule has 0 aromatic heterocycles. The summed E-state index contributed by atoms with van der Waals surface area (Å²) < 4.78 is 62.1. The van der Waals surface area contributed by atoms with Crippen molar-refractivity contribution < 1.29 is 26.7 Å². The van der Waals surface area contributed by atoms with E-state index in [1.165, 1.54) is 18.2 Å². The maximum atomic E-state index is 13.8. The Labute approximate surface area is 172 Å². The first-order valence-corrected chi connectivity index (χ1v) is 10.0. The van der Waals surface area contributed by atoms with Crippen molar-refractivity contribution in [3.63, 3.8) is 0 Å². The van der Waals surface area contributed by atoms with Crippen LogP contribution >= 0.6 is 11.6 Å². The van der Waals surface area contributed by atoms with Gasteiger partial charge in [0.05, 0.1) is 10.6 Å². The molecule has 3 rings (SSSR count). The van der Waals surface area contributed by atoms with Crippen molar-refractivity contribution in [1.82, 2.24) is 9.80 Å². The molecule has 2 aromatic carbocycles. The molecule has 2 N–H and O–H groups in total. The van der Waals surface area contributed by atoms with Crippen LogP contribution in [0.2, 0.25) is 5.02 Å². The van der Waals surface area contributed by atoms with Gasteiger partial charge in [-0.05, 0) is 24.3 Å². The Bertz CT molecular complexity index is 955. The van der Waals surface area contributed by atoms with Gasteiger partial charge < -0.3 is 4.90 Å². The number of anilines is 1. The van der Waals surface area contributed by atoms with Crippen LogP contribution in [0, 0.1) is 17.5 Å². The number of rotatable bonds is 5. The summed E-state index contributed by atoms with van der Waals surface area (Å²) in [5.74, 6) is -3.45. The van der Waals surface area contributed by atoms with E-state index in [-0.39, 0.29) is 28.6 Å². The second-order valence-corrected chi connectivity index (χ2v) is 7.58. The van der Waals surface area contributed by atoms with Crippen molar-refractivity contribution in [2.75, 3.05) is 30.9 Å². The SMILES string of the molecule is O=C(c1ccc(NS(=O)O)cc1Cl)N1CCN(Cc2cc(F)c(F)cc2F)CC1. The van der Waals surface area contributed by atoms with E-state index in [1.54, 1.807) is 4.90 Å². The minimum atomic E-state index is -2.25. The predicted octanol–water partition coefficient (Wildman–Crippen LogP) is 3.26. The molecule has 0 bridgehead atoms. The van der Waals surface area contributed by atoms with Gasteiger partial charge in [-0.3, -0.25) is 19.0 Å². The van der Waals surface area contributed by atoms with E-state index < -0.39 is 28.7 Å². The molecule has 156 valence electrons. The van der Waals surface area contributed by atoms with E-state index in [0.29, 0.717) is 37.9 Å². The van der Waals surface area contributed by atoms with E-state index in [0.717, 1.165) is 6.07 Å². The fourth-order valence-electron chi connectivity index (χ4n) is 3.06. The summed E-state index contributed by atoms with van der Waals surface area (Å²) in [6, 6.07) is 5.68. The Kier molecular flexibility index (Phi) is 6.78. The number of piperazine rings is 1. The molecule has 0 radical (unpaired) electrons. The zero-order chi connectivity index (χ0) is 21.1. The van der Waals surface area contributed by atoms with E-state index in [2.05, 4.69) is 4.72 Å². The molecule has 2 aromatic rings. The molecule has 1 aliphatic heterocycles. The number of amides is 1. The third-order valence-corrected chi connectivity index (χ3v) is 5.27.